The third kappa shape index (κ3) is 4.62. The Bertz CT molecular complexity index is 1570. The van der Waals surface area contributed by atoms with Gasteiger partial charge in [0.1, 0.15) is 29.9 Å². The van der Waals surface area contributed by atoms with Crippen molar-refractivity contribution in [2.24, 2.45) is 0 Å². The molecule has 1 aliphatic rings. The van der Waals surface area contributed by atoms with E-state index in [-0.39, 0.29) is 11.6 Å². The van der Waals surface area contributed by atoms with Crippen LogP contribution < -0.4 is 20.1 Å². The third-order valence-corrected chi connectivity index (χ3v) is 6.25. The number of hydrogen-bond donors (Lipinski definition) is 2. The maximum atomic E-state index is 11.8. The van der Waals surface area contributed by atoms with E-state index in [2.05, 4.69) is 31.2 Å². The Kier molecular flexibility index (Phi) is 6.68. The molecular weight excluding hydrogens is 488 g/mol. The van der Waals surface area contributed by atoms with Gasteiger partial charge in [-0.25, -0.2) is 9.97 Å². The van der Waals surface area contributed by atoms with Gasteiger partial charge < -0.3 is 29.6 Å². The van der Waals surface area contributed by atoms with E-state index >= 15 is 0 Å². The number of hydrogen-bond acceptors (Lipinski definition) is 10. The van der Waals surface area contributed by atoms with Crippen LogP contribution in [0.1, 0.15) is 5.56 Å². The predicted octanol–water partition coefficient (Wildman–Crippen LogP) is 4.00. The highest BCUT2D eigenvalue weighted by molar-refractivity contribution is 5.99. The van der Waals surface area contributed by atoms with Crippen LogP contribution in [0.25, 0.3) is 22.2 Å². The molecule has 0 fully saturated rings. The summed E-state index contributed by atoms with van der Waals surface area (Å²) in [7, 11) is 5.33. The zero-order valence-corrected chi connectivity index (χ0v) is 21.2. The lowest BCUT2D eigenvalue weighted by Crippen LogP contribution is -2.21. The number of aromatic nitrogens is 3. The Hall–Kier alpha value is -4.89. The van der Waals surface area contributed by atoms with E-state index in [0.717, 1.165) is 22.2 Å². The first-order valence-corrected chi connectivity index (χ1v) is 11.9. The number of nitro groups is 1. The second-order valence-electron chi connectivity index (χ2n) is 8.99. The van der Waals surface area contributed by atoms with Crippen LogP contribution >= 0.6 is 0 Å². The highest BCUT2D eigenvalue weighted by atomic mass is 16.6. The van der Waals surface area contributed by atoms with Crippen molar-refractivity contribution in [3.8, 4) is 28.8 Å². The van der Waals surface area contributed by atoms with Gasteiger partial charge in [0.05, 0.1) is 47.2 Å². The molecule has 0 amide bonds. The van der Waals surface area contributed by atoms with Gasteiger partial charge in [-0.15, -0.1) is 0 Å². The predicted molar refractivity (Wildman–Crippen MR) is 143 cm³/mol. The fourth-order valence-electron chi connectivity index (χ4n) is 4.45. The molecule has 12 nitrogen and oxygen atoms in total. The van der Waals surface area contributed by atoms with E-state index in [0.29, 0.717) is 54.6 Å². The van der Waals surface area contributed by atoms with Crippen LogP contribution in [0.4, 0.5) is 23.0 Å². The van der Waals surface area contributed by atoms with Crippen LogP contribution in [-0.4, -0.2) is 65.3 Å². The van der Waals surface area contributed by atoms with Crippen LogP contribution in [0.5, 0.6) is 11.5 Å². The Morgan fingerprint density at radius 3 is 2.89 bits per heavy atom. The lowest BCUT2D eigenvalue weighted by atomic mass is 10.1. The molecule has 4 aromatic rings. The van der Waals surface area contributed by atoms with Gasteiger partial charge in [-0.3, -0.25) is 10.1 Å². The molecule has 38 heavy (non-hydrogen) atoms. The minimum Gasteiger partial charge on any atom is -0.494 e. The van der Waals surface area contributed by atoms with Crippen molar-refractivity contribution >= 4 is 33.9 Å². The van der Waals surface area contributed by atoms with E-state index in [1.54, 1.807) is 6.07 Å². The fourth-order valence-corrected chi connectivity index (χ4v) is 4.45. The molecule has 0 unspecified atom stereocenters. The SMILES string of the molecule is COc1cc(NCCN(C)C)c([N+](=O)[O-])cc1Nc1ncc(C#N)c(-c2cn3c4c(cccc24)OCC3)n1. The van der Waals surface area contributed by atoms with Crippen molar-refractivity contribution in [3.63, 3.8) is 0 Å². The number of para-hydroxylation sites is 1. The molecule has 5 rings (SSSR count). The van der Waals surface area contributed by atoms with Crippen molar-refractivity contribution in [2.45, 2.75) is 6.54 Å². The molecule has 0 radical (unpaired) electrons. The molecule has 194 valence electrons. The first-order valence-electron chi connectivity index (χ1n) is 11.9. The Morgan fingerprint density at radius 1 is 1.32 bits per heavy atom. The van der Waals surface area contributed by atoms with Crippen LogP contribution in [0.15, 0.2) is 42.7 Å². The molecule has 0 bridgehead atoms. The standard InChI is InChI=1S/C26H26N8O4/c1-32(2)8-7-28-19-12-23(37-3)20(11-21(19)34(35)36)30-26-29-14-16(13-27)24(31-26)18-15-33-9-10-38-22-6-4-5-17(18)25(22)33/h4-6,11-12,14-15,28H,7-10H2,1-3H3,(H,29,30,31). The highest BCUT2D eigenvalue weighted by Crippen LogP contribution is 2.40. The van der Waals surface area contributed by atoms with Crippen LogP contribution in [0.3, 0.4) is 0 Å². The number of nitriles is 1. The molecule has 0 atom stereocenters. The van der Waals surface area contributed by atoms with Crippen molar-refractivity contribution in [3.05, 3.63) is 58.4 Å². The zero-order valence-electron chi connectivity index (χ0n) is 21.2. The molecule has 2 N–H and O–H groups in total. The summed E-state index contributed by atoms with van der Waals surface area (Å²) in [4.78, 5) is 22.3. The quantitative estimate of drug-likeness (QED) is 0.248. The number of benzene rings is 2. The molecule has 0 aliphatic carbocycles. The zero-order chi connectivity index (χ0) is 26.8. The maximum absolute atomic E-state index is 11.8. The van der Waals surface area contributed by atoms with Gasteiger partial charge in [-0.05, 0) is 20.2 Å². The summed E-state index contributed by atoms with van der Waals surface area (Å²) < 4.78 is 13.4. The Balaban J connectivity index is 1.54. The fraction of sp³-hybridized carbons (Fsp3) is 0.269. The van der Waals surface area contributed by atoms with E-state index in [9.17, 15) is 15.4 Å². The first-order chi connectivity index (χ1) is 18.4. The summed E-state index contributed by atoms with van der Waals surface area (Å²) in [5.74, 6) is 1.33. The maximum Gasteiger partial charge on any atom is 0.294 e. The molecule has 1 aliphatic heterocycles. The number of nitrogens with one attached hydrogen (secondary N) is 2. The minimum atomic E-state index is -0.455. The van der Waals surface area contributed by atoms with Crippen LogP contribution in [0.2, 0.25) is 0 Å². The van der Waals surface area contributed by atoms with E-state index in [4.69, 9.17) is 9.47 Å². The minimum absolute atomic E-state index is 0.116. The molecular formula is C26H26N8O4. The van der Waals surface area contributed by atoms with Crippen molar-refractivity contribution in [1.29, 1.82) is 5.26 Å². The number of rotatable bonds is 9. The van der Waals surface area contributed by atoms with Gasteiger partial charge in [0.15, 0.2) is 0 Å². The van der Waals surface area contributed by atoms with E-state index in [1.807, 2.05) is 43.4 Å². The molecule has 0 saturated heterocycles. The second-order valence-corrected chi connectivity index (χ2v) is 8.99. The Morgan fingerprint density at radius 2 is 2.16 bits per heavy atom. The largest absolute Gasteiger partial charge is 0.494 e. The monoisotopic (exact) mass is 514 g/mol. The number of nitro benzene ring substituents is 1. The lowest BCUT2D eigenvalue weighted by Gasteiger charge is -2.16. The number of methoxy groups -OCH3 is 1. The number of nitrogens with zero attached hydrogens (tertiary/aromatic N) is 6. The summed E-state index contributed by atoms with van der Waals surface area (Å²) in [6.45, 7) is 2.46. The van der Waals surface area contributed by atoms with Gasteiger partial charge in [-0.2, -0.15) is 5.26 Å². The topological polar surface area (TPSA) is 143 Å². The highest BCUT2D eigenvalue weighted by Gasteiger charge is 2.23. The number of likely N-dealkylation sites (N-methyl/N-ethyl adjacent to an activating group) is 1. The summed E-state index contributed by atoms with van der Waals surface area (Å²) in [5.41, 5.74) is 3.02. The van der Waals surface area contributed by atoms with Crippen molar-refractivity contribution in [2.75, 3.05) is 51.5 Å². The summed E-state index contributed by atoms with van der Waals surface area (Å²) in [5, 5.41) is 28.7. The molecule has 0 spiro atoms. The molecule has 2 aromatic heterocycles. The first kappa shape index (κ1) is 24.8. The van der Waals surface area contributed by atoms with Crippen molar-refractivity contribution in [1.82, 2.24) is 19.4 Å². The van der Waals surface area contributed by atoms with Crippen molar-refractivity contribution < 1.29 is 14.4 Å². The average molecular weight is 515 g/mol. The summed E-state index contributed by atoms with van der Waals surface area (Å²) in [6.07, 6.45) is 3.40. The molecule has 12 heteroatoms. The van der Waals surface area contributed by atoms with Gasteiger partial charge >= 0.3 is 0 Å². The lowest BCUT2D eigenvalue weighted by molar-refractivity contribution is -0.383. The average Bonchev–Trinajstić information content (AvgIpc) is 3.29. The smallest absolute Gasteiger partial charge is 0.294 e. The van der Waals surface area contributed by atoms with Crippen LogP contribution in [0, 0.1) is 21.4 Å². The Labute approximate surface area is 218 Å². The summed E-state index contributed by atoms with van der Waals surface area (Å²) in [6, 6.07) is 10.9. The molecule has 3 heterocycles. The number of anilines is 3. The normalized spacial score (nSPS) is 12.2. The molecule has 0 saturated carbocycles. The summed E-state index contributed by atoms with van der Waals surface area (Å²) >= 11 is 0. The number of ether oxygens (including phenoxy) is 2. The van der Waals surface area contributed by atoms with Gasteiger partial charge in [0.25, 0.3) is 5.69 Å². The second kappa shape index (κ2) is 10.2. The molecule has 2 aromatic carbocycles. The van der Waals surface area contributed by atoms with Gasteiger partial charge in [0, 0.05) is 42.4 Å². The van der Waals surface area contributed by atoms with E-state index < -0.39 is 4.92 Å². The third-order valence-electron chi connectivity index (χ3n) is 6.25. The van der Waals surface area contributed by atoms with Gasteiger partial charge in [-0.1, -0.05) is 12.1 Å². The van der Waals surface area contributed by atoms with E-state index in [1.165, 1.54) is 19.4 Å². The van der Waals surface area contributed by atoms with Gasteiger partial charge in [0.2, 0.25) is 5.95 Å². The van der Waals surface area contributed by atoms with Crippen LogP contribution in [-0.2, 0) is 6.54 Å².